The number of aryl methyl sites for hydroxylation is 1. The first-order chi connectivity index (χ1) is 9.47. The quantitative estimate of drug-likeness (QED) is 0.929. The zero-order chi connectivity index (χ0) is 14.7. The summed E-state index contributed by atoms with van der Waals surface area (Å²) in [5, 5.41) is 3.14. The van der Waals surface area contributed by atoms with Crippen LogP contribution in [0.2, 0.25) is 0 Å². The van der Waals surface area contributed by atoms with E-state index in [0.29, 0.717) is 5.95 Å². The lowest BCUT2D eigenvalue weighted by molar-refractivity contribution is 0.611. The molecule has 0 radical (unpaired) electrons. The maximum Gasteiger partial charge on any atom is 0.225 e. The lowest BCUT2D eigenvalue weighted by atomic mass is 10.1. The molecule has 2 rings (SSSR count). The average molecular weight is 275 g/mol. The molecule has 20 heavy (non-hydrogen) atoms. The molecule has 2 aromatic heterocycles. The van der Waals surface area contributed by atoms with Gasteiger partial charge < -0.3 is 10.2 Å². The molecule has 0 amide bonds. The third kappa shape index (κ3) is 3.20. The Labute approximate surface area is 117 Å². The molecular weight excluding hydrogens is 257 g/mol. The minimum atomic E-state index is -0.440. The number of halogens is 1. The largest absolute Gasteiger partial charge is 0.360 e. The highest BCUT2D eigenvalue weighted by molar-refractivity contribution is 5.43. The molecule has 1 atom stereocenters. The maximum atomic E-state index is 13.5. The molecule has 1 unspecified atom stereocenters. The van der Waals surface area contributed by atoms with E-state index in [1.807, 2.05) is 32.2 Å². The number of pyridine rings is 1. The maximum absolute atomic E-state index is 13.5. The van der Waals surface area contributed by atoms with Gasteiger partial charge in [0.1, 0.15) is 0 Å². The van der Waals surface area contributed by atoms with Gasteiger partial charge in [-0.1, -0.05) is 6.07 Å². The van der Waals surface area contributed by atoms with Crippen molar-refractivity contribution in [1.29, 1.82) is 0 Å². The molecule has 6 heteroatoms. The molecule has 0 aliphatic heterocycles. The molecule has 106 valence electrons. The van der Waals surface area contributed by atoms with E-state index in [-0.39, 0.29) is 11.9 Å². The van der Waals surface area contributed by atoms with Crippen LogP contribution in [0.4, 0.5) is 16.2 Å². The van der Waals surface area contributed by atoms with Crippen LogP contribution in [0.5, 0.6) is 0 Å². The van der Waals surface area contributed by atoms with E-state index in [1.165, 1.54) is 6.20 Å². The Hall–Kier alpha value is -2.24. The average Bonchev–Trinajstić information content (AvgIpc) is 2.41. The van der Waals surface area contributed by atoms with Gasteiger partial charge >= 0.3 is 0 Å². The third-order valence-electron chi connectivity index (χ3n) is 2.93. The molecule has 0 spiro atoms. The summed E-state index contributed by atoms with van der Waals surface area (Å²) in [5.41, 5.74) is 1.99. The van der Waals surface area contributed by atoms with Gasteiger partial charge in [-0.05, 0) is 25.5 Å². The smallest absolute Gasteiger partial charge is 0.225 e. The summed E-state index contributed by atoms with van der Waals surface area (Å²) in [6, 6.07) is 3.93. The van der Waals surface area contributed by atoms with Crippen LogP contribution in [0.25, 0.3) is 0 Å². The molecule has 2 heterocycles. The van der Waals surface area contributed by atoms with Crippen molar-refractivity contribution in [2.45, 2.75) is 19.9 Å². The molecule has 0 aromatic carbocycles. The molecule has 0 aliphatic rings. The van der Waals surface area contributed by atoms with Crippen LogP contribution in [0.3, 0.4) is 0 Å². The Morgan fingerprint density at radius 3 is 2.55 bits per heavy atom. The Kier molecular flexibility index (Phi) is 4.12. The van der Waals surface area contributed by atoms with Gasteiger partial charge in [0.25, 0.3) is 0 Å². The highest BCUT2D eigenvalue weighted by atomic mass is 19.1. The molecule has 1 N–H and O–H groups in total. The zero-order valence-electron chi connectivity index (χ0n) is 12.1. The molecule has 5 nitrogen and oxygen atoms in total. The lowest BCUT2D eigenvalue weighted by Gasteiger charge is -2.17. The summed E-state index contributed by atoms with van der Waals surface area (Å²) in [7, 11) is 3.48. The van der Waals surface area contributed by atoms with Gasteiger partial charge in [-0.3, -0.25) is 4.98 Å². The molecule has 0 bridgehead atoms. The van der Waals surface area contributed by atoms with Gasteiger partial charge in [0.2, 0.25) is 5.95 Å². The highest BCUT2D eigenvalue weighted by Crippen LogP contribution is 2.19. The minimum absolute atomic E-state index is 0.0106. The fraction of sp³-hybridized carbons (Fsp3) is 0.357. The highest BCUT2D eigenvalue weighted by Gasteiger charge is 2.11. The van der Waals surface area contributed by atoms with E-state index in [0.717, 1.165) is 11.3 Å². The van der Waals surface area contributed by atoms with Gasteiger partial charge in [0, 0.05) is 26.0 Å². The fourth-order valence-corrected chi connectivity index (χ4v) is 1.75. The molecule has 0 fully saturated rings. The van der Waals surface area contributed by atoms with E-state index in [4.69, 9.17) is 0 Å². The Balaban J connectivity index is 2.17. The van der Waals surface area contributed by atoms with Crippen molar-refractivity contribution < 1.29 is 4.39 Å². The predicted molar refractivity (Wildman–Crippen MR) is 77.3 cm³/mol. The van der Waals surface area contributed by atoms with Gasteiger partial charge in [-0.25, -0.2) is 9.37 Å². The van der Waals surface area contributed by atoms with Gasteiger partial charge in [-0.15, -0.1) is 0 Å². The monoisotopic (exact) mass is 275 g/mol. The van der Waals surface area contributed by atoms with Crippen LogP contribution in [0, 0.1) is 12.7 Å². The van der Waals surface area contributed by atoms with E-state index in [2.05, 4.69) is 20.3 Å². The summed E-state index contributed by atoms with van der Waals surface area (Å²) in [4.78, 5) is 14.0. The molecule has 2 aromatic rings. The van der Waals surface area contributed by atoms with E-state index >= 15 is 0 Å². The SMILES string of the molecule is Cc1ccc(C(C)Nc2ncc(F)c(N(C)C)n2)cn1. The first kappa shape index (κ1) is 14.2. The minimum Gasteiger partial charge on any atom is -0.360 e. The van der Waals surface area contributed by atoms with Crippen molar-refractivity contribution in [3.8, 4) is 0 Å². The van der Waals surface area contributed by atoms with Crippen LogP contribution in [-0.2, 0) is 0 Å². The van der Waals surface area contributed by atoms with Crippen LogP contribution in [-0.4, -0.2) is 29.0 Å². The van der Waals surface area contributed by atoms with Crippen molar-refractivity contribution in [3.63, 3.8) is 0 Å². The second-order valence-electron chi connectivity index (χ2n) is 4.86. The topological polar surface area (TPSA) is 53.9 Å². The third-order valence-corrected chi connectivity index (χ3v) is 2.93. The number of nitrogens with one attached hydrogen (secondary N) is 1. The first-order valence-electron chi connectivity index (χ1n) is 6.36. The number of aromatic nitrogens is 3. The molecule has 0 saturated heterocycles. The lowest BCUT2D eigenvalue weighted by Crippen LogP contribution is -2.16. The molecule has 0 saturated carbocycles. The first-order valence-corrected chi connectivity index (χ1v) is 6.36. The van der Waals surface area contributed by atoms with Crippen molar-refractivity contribution >= 4 is 11.8 Å². The van der Waals surface area contributed by atoms with Gasteiger partial charge in [-0.2, -0.15) is 4.98 Å². The zero-order valence-corrected chi connectivity index (χ0v) is 12.1. The standard InChI is InChI=1S/C14H18FN5/c1-9-5-6-11(7-16-9)10(2)18-14-17-8-12(15)13(19-14)20(3)4/h5-8,10H,1-4H3,(H,17,18,19). The van der Waals surface area contributed by atoms with Crippen molar-refractivity contribution in [3.05, 3.63) is 41.6 Å². The Morgan fingerprint density at radius 2 is 1.95 bits per heavy atom. The van der Waals surface area contributed by atoms with Crippen LogP contribution < -0.4 is 10.2 Å². The van der Waals surface area contributed by atoms with Crippen molar-refractivity contribution in [2.24, 2.45) is 0 Å². The summed E-state index contributed by atoms with van der Waals surface area (Å²) in [6.45, 7) is 3.92. The molecule has 0 aliphatic carbocycles. The number of nitrogens with zero attached hydrogens (tertiary/aromatic N) is 4. The molecular formula is C14H18FN5. The second-order valence-corrected chi connectivity index (χ2v) is 4.86. The summed E-state index contributed by atoms with van der Waals surface area (Å²) < 4.78 is 13.5. The fourth-order valence-electron chi connectivity index (χ4n) is 1.75. The van der Waals surface area contributed by atoms with Crippen molar-refractivity contribution in [2.75, 3.05) is 24.3 Å². The van der Waals surface area contributed by atoms with Crippen molar-refractivity contribution in [1.82, 2.24) is 15.0 Å². The van der Waals surface area contributed by atoms with Gasteiger partial charge in [0.15, 0.2) is 11.6 Å². The number of hydrogen-bond acceptors (Lipinski definition) is 5. The predicted octanol–water partition coefficient (Wildman–Crippen LogP) is 2.56. The number of hydrogen-bond donors (Lipinski definition) is 1. The summed E-state index contributed by atoms with van der Waals surface area (Å²) in [5.74, 6) is 0.213. The van der Waals surface area contributed by atoms with E-state index in [9.17, 15) is 4.39 Å². The van der Waals surface area contributed by atoms with Crippen LogP contribution in [0.15, 0.2) is 24.5 Å². The second kappa shape index (κ2) is 5.81. The normalized spacial score (nSPS) is 12.1. The Morgan fingerprint density at radius 1 is 1.20 bits per heavy atom. The number of anilines is 2. The summed E-state index contributed by atoms with van der Waals surface area (Å²) in [6.07, 6.45) is 2.98. The van der Waals surface area contributed by atoms with Gasteiger partial charge in [0.05, 0.1) is 12.2 Å². The Bertz CT molecular complexity index is 583. The summed E-state index contributed by atoms with van der Waals surface area (Å²) >= 11 is 0. The van der Waals surface area contributed by atoms with Crippen LogP contribution >= 0.6 is 0 Å². The van der Waals surface area contributed by atoms with E-state index in [1.54, 1.807) is 19.0 Å². The number of rotatable bonds is 4. The van der Waals surface area contributed by atoms with E-state index < -0.39 is 5.82 Å². The van der Waals surface area contributed by atoms with Crippen LogP contribution in [0.1, 0.15) is 24.2 Å².